The molecule has 1 aromatic carbocycles. The van der Waals surface area contributed by atoms with Crippen LogP contribution in [-0.2, 0) is 10.0 Å². The van der Waals surface area contributed by atoms with Gasteiger partial charge in [0.05, 0.1) is 4.90 Å². The van der Waals surface area contributed by atoms with Crippen LogP contribution in [0.2, 0.25) is 0 Å². The van der Waals surface area contributed by atoms with Gasteiger partial charge in [-0.3, -0.25) is 0 Å². The average molecular weight is 348 g/mol. The number of aryl methyl sites for hydroxylation is 1. The van der Waals surface area contributed by atoms with E-state index in [2.05, 4.69) is 27.6 Å². The van der Waals surface area contributed by atoms with Crippen LogP contribution in [0.15, 0.2) is 29.2 Å². The molecule has 1 atom stereocenters. The Kier molecular flexibility index (Phi) is 7.04. The Hall–Kier alpha value is -0.390. The van der Waals surface area contributed by atoms with Crippen LogP contribution in [0.1, 0.15) is 31.7 Å². The molecule has 1 aromatic rings. The fourth-order valence-corrected chi connectivity index (χ4v) is 4.08. The Morgan fingerprint density at radius 3 is 2.53 bits per heavy atom. The van der Waals surface area contributed by atoms with Gasteiger partial charge in [-0.25, -0.2) is 13.1 Å². The summed E-state index contributed by atoms with van der Waals surface area (Å²) in [5.74, 6) is 0.392. The lowest BCUT2D eigenvalue weighted by Crippen LogP contribution is -2.30. The minimum Gasteiger partial charge on any atom is -0.211 e. The van der Waals surface area contributed by atoms with Crippen LogP contribution in [0.4, 0.5) is 0 Å². The van der Waals surface area contributed by atoms with Crippen LogP contribution < -0.4 is 4.72 Å². The van der Waals surface area contributed by atoms with Crippen molar-refractivity contribution in [3.63, 3.8) is 0 Å². The van der Waals surface area contributed by atoms with Crippen LogP contribution in [0.5, 0.6) is 0 Å². The van der Waals surface area contributed by atoms with Gasteiger partial charge in [0, 0.05) is 11.9 Å². The van der Waals surface area contributed by atoms with Crippen molar-refractivity contribution in [1.82, 2.24) is 4.72 Å². The van der Waals surface area contributed by atoms with Crippen molar-refractivity contribution < 1.29 is 8.42 Å². The molecule has 108 valence electrons. The van der Waals surface area contributed by atoms with Gasteiger partial charge in [-0.15, -0.1) is 0 Å². The summed E-state index contributed by atoms with van der Waals surface area (Å²) in [5.41, 5.74) is 0.780. The highest BCUT2D eigenvalue weighted by Crippen LogP contribution is 2.16. The van der Waals surface area contributed by atoms with Gasteiger partial charge in [0.1, 0.15) is 0 Å². The fraction of sp³-hybridized carbons (Fsp3) is 0.571. The topological polar surface area (TPSA) is 46.2 Å². The van der Waals surface area contributed by atoms with E-state index in [1.165, 1.54) is 0 Å². The molecule has 0 amide bonds. The molecule has 0 bridgehead atoms. The standard InChI is InChI=1S/C14H22BrNO2S/c1-3-6-13(9-10-15)11-16-19(17,18)14-8-5-4-7-12(14)2/h4-5,7-8,13,16H,3,6,9-11H2,1-2H3. The van der Waals surface area contributed by atoms with E-state index in [9.17, 15) is 8.42 Å². The largest absolute Gasteiger partial charge is 0.240 e. The Morgan fingerprint density at radius 1 is 1.26 bits per heavy atom. The summed E-state index contributed by atoms with van der Waals surface area (Å²) >= 11 is 3.42. The first-order valence-electron chi connectivity index (χ1n) is 6.62. The maximum Gasteiger partial charge on any atom is 0.240 e. The van der Waals surface area contributed by atoms with E-state index in [4.69, 9.17) is 0 Å². The first-order valence-corrected chi connectivity index (χ1v) is 9.23. The number of rotatable bonds is 8. The third-order valence-electron chi connectivity index (χ3n) is 3.16. The second-order valence-electron chi connectivity index (χ2n) is 4.75. The minimum atomic E-state index is -3.39. The van der Waals surface area contributed by atoms with Gasteiger partial charge in [-0.1, -0.05) is 47.5 Å². The molecule has 19 heavy (non-hydrogen) atoms. The maximum absolute atomic E-state index is 12.2. The predicted molar refractivity (Wildman–Crippen MR) is 83.2 cm³/mol. The molecule has 1 rings (SSSR count). The second kappa shape index (κ2) is 8.02. The van der Waals surface area contributed by atoms with Crippen LogP contribution >= 0.6 is 15.9 Å². The molecule has 0 heterocycles. The van der Waals surface area contributed by atoms with E-state index >= 15 is 0 Å². The van der Waals surface area contributed by atoms with Gasteiger partial charge in [-0.2, -0.15) is 0 Å². The smallest absolute Gasteiger partial charge is 0.211 e. The lowest BCUT2D eigenvalue weighted by atomic mass is 10.0. The molecular formula is C14H22BrNO2S. The number of hydrogen-bond acceptors (Lipinski definition) is 2. The summed E-state index contributed by atoms with van der Waals surface area (Å²) in [5, 5.41) is 0.907. The van der Waals surface area contributed by atoms with E-state index in [1.54, 1.807) is 12.1 Å². The molecule has 0 saturated carbocycles. The molecule has 0 aliphatic rings. The number of sulfonamides is 1. The Labute approximate surface area is 125 Å². The summed E-state index contributed by atoms with van der Waals surface area (Å²) in [6.45, 7) is 4.45. The van der Waals surface area contributed by atoms with Gasteiger partial charge < -0.3 is 0 Å². The van der Waals surface area contributed by atoms with Crippen molar-refractivity contribution in [1.29, 1.82) is 0 Å². The van der Waals surface area contributed by atoms with E-state index < -0.39 is 10.0 Å². The number of hydrogen-bond donors (Lipinski definition) is 1. The Bertz CT molecular complexity index is 482. The summed E-state index contributed by atoms with van der Waals surface area (Å²) in [6, 6.07) is 7.07. The highest BCUT2D eigenvalue weighted by Gasteiger charge is 2.17. The van der Waals surface area contributed by atoms with Gasteiger partial charge in [0.15, 0.2) is 0 Å². The Morgan fingerprint density at radius 2 is 1.95 bits per heavy atom. The van der Waals surface area contributed by atoms with Crippen molar-refractivity contribution in [2.75, 3.05) is 11.9 Å². The zero-order chi connectivity index (χ0) is 14.3. The first kappa shape index (κ1) is 16.7. The minimum absolute atomic E-state index is 0.379. The molecule has 0 aliphatic carbocycles. The van der Waals surface area contributed by atoms with Crippen LogP contribution in [0.3, 0.4) is 0 Å². The van der Waals surface area contributed by atoms with Gasteiger partial charge in [0.25, 0.3) is 0 Å². The van der Waals surface area contributed by atoms with Crippen LogP contribution in [-0.4, -0.2) is 20.3 Å². The van der Waals surface area contributed by atoms with Gasteiger partial charge in [-0.05, 0) is 37.3 Å². The van der Waals surface area contributed by atoms with E-state index in [0.717, 1.165) is 30.2 Å². The van der Waals surface area contributed by atoms with E-state index in [1.807, 2.05) is 19.1 Å². The molecule has 0 aliphatic heterocycles. The van der Waals surface area contributed by atoms with Gasteiger partial charge >= 0.3 is 0 Å². The maximum atomic E-state index is 12.2. The quantitative estimate of drug-likeness (QED) is 0.731. The number of nitrogens with one attached hydrogen (secondary N) is 1. The summed E-state index contributed by atoms with van der Waals surface area (Å²) < 4.78 is 27.2. The molecule has 1 N–H and O–H groups in total. The van der Waals surface area contributed by atoms with E-state index in [-0.39, 0.29) is 0 Å². The molecule has 5 heteroatoms. The summed E-state index contributed by atoms with van der Waals surface area (Å²) in [6.07, 6.45) is 3.11. The second-order valence-corrected chi connectivity index (χ2v) is 7.28. The van der Waals surface area contributed by atoms with Crippen LogP contribution in [0.25, 0.3) is 0 Å². The third-order valence-corrected chi connectivity index (χ3v) is 5.20. The average Bonchev–Trinajstić information content (AvgIpc) is 2.37. The Balaban J connectivity index is 2.72. The summed E-state index contributed by atoms with van der Waals surface area (Å²) in [4.78, 5) is 0.379. The first-order chi connectivity index (χ1) is 9.01. The monoisotopic (exact) mass is 347 g/mol. The van der Waals surface area contributed by atoms with Crippen molar-refractivity contribution in [3.8, 4) is 0 Å². The van der Waals surface area contributed by atoms with Gasteiger partial charge in [0.2, 0.25) is 10.0 Å². The third kappa shape index (κ3) is 5.24. The molecule has 0 aromatic heterocycles. The molecule has 0 saturated heterocycles. The number of halogens is 1. The fourth-order valence-electron chi connectivity index (χ4n) is 2.07. The lowest BCUT2D eigenvalue weighted by Gasteiger charge is -2.16. The van der Waals surface area contributed by atoms with E-state index in [0.29, 0.717) is 17.4 Å². The molecule has 0 spiro atoms. The zero-order valence-corrected chi connectivity index (χ0v) is 13.9. The van der Waals surface area contributed by atoms with Crippen molar-refractivity contribution in [2.24, 2.45) is 5.92 Å². The predicted octanol–water partition coefficient (Wildman–Crippen LogP) is 3.47. The van der Waals surface area contributed by atoms with Crippen molar-refractivity contribution in [3.05, 3.63) is 29.8 Å². The van der Waals surface area contributed by atoms with Crippen LogP contribution in [0, 0.1) is 12.8 Å². The highest BCUT2D eigenvalue weighted by atomic mass is 79.9. The molecular weight excluding hydrogens is 326 g/mol. The zero-order valence-electron chi connectivity index (χ0n) is 11.5. The molecule has 0 radical (unpaired) electrons. The highest BCUT2D eigenvalue weighted by molar-refractivity contribution is 9.09. The molecule has 1 unspecified atom stereocenters. The van der Waals surface area contributed by atoms with Crippen molar-refractivity contribution >= 4 is 26.0 Å². The van der Waals surface area contributed by atoms with Crippen molar-refractivity contribution in [2.45, 2.75) is 38.0 Å². The number of alkyl halides is 1. The lowest BCUT2D eigenvalue weighted by molar-refractivity contribution is 0.459. The molecule has 0 fully saturated rings. The SMILES string of the molecule is CCCC(CCBr)CNS(=O)(=O)c1ccccc1C. The number of benzene rings is 1. The normalized spacial score (nSPS) is 13.4. The molecule has 3 nitrogen and oxygen atoms in total. The summed E-state index contributed by atoms with van der Waals surface area (Å²) in [7, 11) is -3.39.